The fourth-order valence-electron chi connectivity index (χ4n) is 1.34. The highest BCUT2D eigenvalue weighted by molar-refractivity contribution is 5.93. The largest absolute Gasteiger partial charge is 0.466 e. The van der Waals surface area contributed by atoms with Crippen LogP contribution in [0.1, 0.15) is 34.1 Å². The lowest BCUT2D eigenvalue weighted by Gasteiger charge is -2.23. The van der Waals surface area contributed by atoms with Crippen LogP contribution >= 0.6 is 0 Å². The van der Waals surface area contributed by atoms with Crippen molar-refractivity contribution in [3.05, 3.63) is 23.5 Å². The molecule has 0 bridgehead atoms. The van der Waals surface area contributed by atoms with Crippen LogP contribution in [0.2, 0.25) is 0 Å². The number of nitrogens with two attached hydrogens (primary N) is 1. The highest BCUT2D eigenvalue weighted by Crippen LogP contribution is 2.22. The number of carbonyl (C=O) groups excluding carboxylic acids is 2. The van der Waals surface area contributed by atoms with Gasteiger partial charge in [-0.25, -0.2) is 9.59 Å². The molecule has 5 nitrogen and oxygen atoms in total. The summed E-state index contributed by atoms with van der Waals surface area (Å²) in [5, 5.41) is 0. The van der Waals surface area contributed by atoms with E-state index in [1.807, 2.05) is 0 Å². The predicted molar refractivity (Wildman–Crippen MR) is 68.5 cm³/mol. The second-order valence-electron chi connectivity index (χ2n) is 4.53. The quantitative estimate of drug-likeness (QED) is 0.459. The van der Waals surface area contributed by atoms with Gasteiger partial charge in [0.05, 0.1) is 12.7 Å². The molecular weight excluding hydrogens is 234 g/mol. The highest BCUT2D eigenvalue weighted by Gasteiger charge is 2.30. The number of allylic oxidation sites excluding steroid dienone is 1. The Bertz CT molecular complexity index is 388. The Morgan fingerprint density at radius 1 is 1.28 bits per heavy atom. The van der Waals surface area contributed by atoms with E-state index in [-0.39, 0.29) is 16.9 Å². The van der Waals surface area contributed by atoms with Gasteiger partial charge in [0.1, 0.15) is 5.76 Å². The fraction of sp³-hybridized carbons (Fsp3) is 0.538. The van der Waals surface area contributed by atoms with E-state index in [0.29, 0.717) is 6.42 Å². The summed E-state index contributed by atoms with van der Waals surface area (Å²) in [6.45, 7) is 10.1. The molecule has 0 aromatic carbocycles. The summed E-state index contributed by atoms with van der Waals surface area (Å²) >= 11 is 0. The van der Waals surface area contributed by atoms with Crippen molar-refractivity contribution in [2.24, 2.45) is 5.73 Å². The van der Waals surface area contributed by atoms with Crippen LogP contribution in [0.25, 0.3) is 0 Å². The van der Waals surface area contributed by atoms with Gasteiger partial charge < -0.3 is 15.2 Å². The van der Waals surface area contributed by atoms with Gasteiger partial charge in [-0.15, -0.1) is 0 Å². The number of methoxy groups -OCH3 is 1. The minimum absolute atomic E-state index is 0.155. The second-order valence-corrected chi connectivity index (χ2v) is 4.53. The minimum Gasteiger partial charge on any atom is -0.466 e. The Morgan fingerprint density at radius 3 is 2.06 bits per heavy atom. The molecule has 0 saturated carbocycles. The van der Waals surface area contributed by atoms with Crippen molar-refractivity contribution in [2.45, 2.75) is 39.7 Å². The Labute approximate surface area is 108 Å². The number of esters is 2. The van der Waals surface area contributed by atoms with Gasteiger partial charge in [0, 0.05) is 17.5 Å². The van der Waals surface area contributed by atoms with E-state index in [0.717, 1.165) is 0 Å². The SMILES string of the molecule is C=C(C)C(=O)O/C(CC)=C(\C(=O)OC)C(C)(C)N. The molecule has 102 valence electrons. The lowest BCUT2D eigenvalue weighted by atomic mass is 9.93. The molecule has 0 unspecified atom stereocenters. The van der Waals surface area contributed by atoms with Crippen molar-refractivity contribution < 1.29 is 19.1 Å². The molecule has 2 N–H and O–H groups in total. The molecular formula is C13H21NO4. The molecule has 0 amide bonds. The van der Waals surface area contributed by atoms with Crippen LogP contribution in [0.5, 0.6) is 0 Å². The first-order valence-corrected chi connectivity index (χ1v) is 5.63. The third-order valence-corrected chi connectivity index (χ3v) is 2.20. The molecule has 0 fully saturated rings. The van der Waals surface area contributed by atoms with E-state index >= 15 is 0 Å². The monoisotopic (exact) mass is 255 g/mol. The molecule has 5 heteroatoms. The summed E-state index contributed by atoms with van der Waals surface area (Å²) in [6.07, 6.45) is 0.351. The molecule has 0 saturated heterocycles. The zero-order valence-electron chi connectivity index (χ0n) is 11.6. The topological polar surface area (TPSA) is 78.6 Å². The van der Waals surface area contributed by atoms with Gasteiger partial charge in [0.15, 0.2) is 0 Å². The molecule has 0 aliphatic carbocycles. The van der Waals surface area contributed by atoms with Crippen molar-refractivity contribution in [1.29, 1.82) is 0 Å². The van der Waals surface area contributed by atoms with E-state index in [2.05, 4.69) is 11.3 Å². The Kier molecular flexibility index (Phi) is 5.78. The standard InChI is InChI=1S/C13H21NO4/c1-7-9(18-11(15)8(2)3)10(12(16)17-6)13(4,5)14/h2,7,14H2,1,3-6H3/b10-9+. The fourth-order valence-corrected chi connectivity index (χ4v) is 1.34. The summed E-state index contributed by atoms with van der Waals surface area (Å²) in [6, 6.07) is 0. The molecule has 18 heavy (non-hydrogen) atoms. The predicted octanol–water partition coefficient (Wildman–Crippen LogP) is 1.68. The Morgan fingerprint density at radius 2 is 1.78 bits per heavy atom. The summed E-state index contributed by atoms with van der Waals surface area (Å²) in [7, 11) is 1.25. The zero-order chi connectivity index (χ0) is 14.5. The average Bonchev–Trinajstić information content (AvgIpc) is 2.25. The smallest absolute Gasteiger partial charge is 0.339 e. The lowest BCUT2D eigenvalue weighted by Crippen LogP contribution is -2.39. The van der Waals surface area contributed by atoms with Crippen LogP contribution in [0, 0.1) is 0 Å². The van der Waals surface area contributed by atoms with Crippen LogP contribution in [-0.2, 0) is 19.1 Å². The average molecular weight is 255 g/mol. The third-order valence-electron chi connectivity index (χ3n) is 2.20. The summed E-state index contributed by atoms with van der Waals surface area (Å²) < 4.78 is 9.81. The minimum atomic E-state index is -0.964. The van der Waals surface area contributed by atoms with Crippen molar-refractivity contribution >= 4 is 11.9 Å². The maximum atomic E-state index is 11.7. The number of hydrogen-bond acceptors (Lipinski definition) is 5. The normalized spacial score (nSPS) is 12.6. The third kappa shape index (κ3) is 4.33. The molecule has 0 aliphatic heterocycles. The first-order chi connectivity index (χ1) is 8.15. The van der Waals surface area contributed by atoms with Gasteiger partial charge in [-0.2, -0.15) is 0 Å². The van der Waals surface area contributed by atoms with E-state index in [1.165, 1.54) is 14.0 Å². The van der Waals surface area contributed by atoms with Crippen LogP contribution in [0.15, 0.2) is 23.5 Å². The summed E-state index contributed by atoms with van der Waals surface area (Å²) in [4.78, 5) is 23.2. The number of carbonyl (C=O) groups is 2. The van der Waals surface area contributed by atoms with Gasteiger partial charge in [-0.1, -0.05) is 13.5 Å². The summed E-state index contributed by atoms with van der Waals surface area (Å²) in [5.74, 6) is -0.978. The van der Waals surface area contributed by atoms with E-state index in [9.17, 15) is 9.59 Å². The maximum Gasteiger partial charge on any atom is 0.339 e. The molecule has 0 aromatic rings. The number of ether oxygens (including phenoxy) is 2. The van der Waals surface area contributed by atoms with Crippen molar-refractivity contribution in [1.82, 2.24) is 0 Å². The molecule has 0 radical (unpaired) electrons. The van der Waals surface area contributed by atoms with Crippen LogP contribution in [0.4, 0.5) is 0 Å². The summed E-state index contributed by atoms with van der Waals surface area (Å²) in [5.41, 5.74) is 5.35. The van der Waals surface area contributed by atoms with Crippen LogP contribution < -0.4 is 5.73 Å². The number of hydrogen-bond donors (Lipinski definition) is 1. The molecule has 0 atom stereocenters. The van der Waals surface area contributed by atoms with Gasteiger partial charge in [-0.05, 0) is 20.8 Å². The Balaban J connectivity index is 5.57. The molecule has 0 spiro atoms. The number of rotatable bonds is 5. The molecule has 0 heterocycles. The van der Waals surface area contributed by atoms with Crippen molar-refractivity contribution in [2.75, 3.05) is 7.11 Å². The first-order valence-electron chi connectivity index (χ1n) is 5.63. The molecule has 0 aromatic heterocycles. The van der Waals surface area contributed by atoms with Crippen LogP contribution in [0.3, 0.4) is 0 Å². The lowest BCUT2D eigenvalue weighted by molar-refractivity contribution is -0.138. The van der Waals surface area contributed by atoms with Gasteiger partial charge in [-0.3, -0.25) is 0 Å². The molecule has 0 aliphatic rings. The first kappa shape index (κ1) is 16.4. The highest BCUT2D eigenvalue weighted by atomic mass is 16.5. The van der Waals surface area contributed by atoms with E-state index in [1.54, 1.807) is 20.8 Å². The second kappa shape index (κ2) is 6.35. The zero-order valence-corrected chi connectivity index (χ0v) is 11.6. The van der Waals surface area contributed by atoms with Gasteiger partial charge >= 0.3 is 11.9 Å². The van der Waals surface area contributed by atoms with E-state index in [4.69, 9.17) is 10.5 Å². The maximum absolute atomic E-state index is 11.7. The Hall–Kier alpha value is -1.62. The van der Waals surface area contributed by atoms with E-state index < -0.39 is 17.5 Å². The van der Waals surface area contributed by atoms with Crippen LogP contribution in [-0.4, -0.2) is 24.6 Å². The van der Waals surface area contributed by atoms with Crippen molar-refractivity contribution in [3.63, 3.8) is 0 Å². The van der Waals surface area contributed by atoms with Gasteiger partial charge in [0.2, 0.25) is 0 Å². The van der Waals surface area contributed by atoms with Gasteiger partial charge in [0.25, 0.3) is 0 Å². The van der Waals surface area contributed by atoms with Crippen molar-refractivity contribution in [3.8, 4) is 0 Å². The molecule has 0 rings (SSSR count).